The molecule has 1 aliphatic rings. The maximum Gasteiger partial charge on any atom is 0.264 e. The molecule has 0 aliphatic heterocycles. The predicted molar refractivity (Wildman–Crippen MR) is 160 cm³/mol. The van der Waals surface area contributed by atoms with Crippen LogP contribution in [-0.2, 0) is 27.6 Å². The van der Waals surface area contributed by atoms with E-state index in [4.69, 9.17) is 17.5 Å². The van der Waals surface area contributed by atoms with E-state index in [-0.39, 0.29) is 33.2 Å². The molecule has 1 fully saturated rings. The first-order valence-electron chi connectivity index (χ1n) is 13.5. The van der Waals surface area contributed by atoms with Crippen molar-refractivity contribution in [1.82, 2.24) is 0 Å². The van der Waals surface area contributed by atoms with E-state index in [9.17, 15) is 8.42 Å². The van der Waals surface area contributed by atoms with Crippen LogP contribution >= 0.6 is 0 Å². The van der Waals surface area contributed by atoms with Gasteiger partial charge < -0.3 is 13.3 Å². The lowest BCUT2D eigenvalue weighted by molar-refractivity contribution is -0.0649. The third-order valence-electron chi connectivity index (χ3n) is 9.21. The van der Waals surface area contributed by atoms with Crippen LogP contribution in [0.4, 0.5) is 0 Å². The van der Waals surface area contributed by atoms with E-state index in [1.54, 1.807) is 0 Å². The van der Waals surface area contributed by atoms with E-state index < -0.39 is 41.2 Å². The Morgan fingerprint density at radius 2 is 1.06 bits per heavy atom. The van der Waals surface area contributed by atoms with E-state index in [1.807, 2.05) is 0 Å². The van der Waals surface area contributed by atoms with Crippen molar-refractivity contribution in [2.24, 2.45) is 5.92 Å². The quantitative estimate of drug-likeness (QED) is 0.206. The maximum atomic E-state index is 12.4. The van der Waals surface area contributed by atoms with Crippen LogP contribution in [0.25, 0.3) is 0 Å². The monoisotopic (exact) mass is 582 g/mol. The van der Waals surface area contributed by atoms with Gasteiger partial charge in [0.05, 0.1) is 24.6 Å². The minimum Gasteiger partial charge on any atom is -0.416 e. The van der Waals surface area contributed by atoms with Gasteiger partial charge in [0.1, 0.15) is 0 Å². The smallest absolute Gasteiger partial charge is 0.264 e. The van der Waals surface area contributed by atoms with Crippen LogP contribution in [0.5, 0.6) is 0 Å². The van der Waals surface area contributed by atoms with Gasteiger partial charge in [-0.25, -0.2) is 0 Å². The molecule has 1 aliphatic carbocycles. The molecule has 4 atom stereocenters. The fraction of sp³-hybridized carbons (Fsp3) is 1.00. The highest BCUT2D eigenvalue weighted by molar-refractivity contribution is 7.86. The molecule has 1 saturated carbocycles. The van der Waals surface area contributed by atoms with E-state index in [2.05, 4.69) is 102 Å². The molecule has 10 heteroatoms. The Kier molecular flexibility index (Phi) is 10.7. The van der Waals surface area contributed by atoms with Crippen LogP contribution in [0.1, 0.15) is 75.2 Å². The maximum absolute atomic E-state index is 12.4. The summed E-state index contributed by atoms with van der Waals surface area (Å²) >= 11 is 0. The molecular weight excluding hydrogens is 525 g/mol. The van der Waals surface area contributed by atoms with Gasteiger partial charge in [0.2, 0.25) is 0 Å². The third-order valence-corrected chi connectivity index (χ3v) is 23.3. The Morgan fingerprint density at radius 1 is 0.667 bits per heavy atom. The van der Waals surface area contributed by atoms with Crippen molar-refractivity contribution >= 4 is 35.1 Å². The van der Waals surface area contributed by atoms with Crippen molar-refractivity contribution in [3.8, 4) is 0 Å². The molecule has 36 heavy (non-hydrogen) atoms. The van der Waals surface area contributed by atoms with Crippen molar-refractivity contribution in [2.45, 2.75) is 148 Å². The SMILES string of the molecule is CC(C)(C)[Si](C)(C)OC[C@@H]1[C@@H](O[Si](C)(C)C(C)(C)C)C[C@H](O[Si](C)(C)C(C)(C)C)C[C@H]1OS(C)(=O)=O. The summed E-state index contributed by atoms with van der Waals surface area (Å²) in [6.07, 6.45) is 1.56. The van der Waals surface area contributed by atoms with Crippen LogP contribution in [0.15, 0.2) is 0 Å². The topological polar surface area (TPSA) is 71.1 Å². The number of hydrogen-bond donors (Lipinski definition) is 0. The second kappa shape index (κ2) is 11.1. The Labute approximate surface area is 227 Å². The number of rotatable bonds is 9. The van der Waals surface area contributed by atoms with Crippen LogP contribution in [0.2, 0.25) is 54.4 Å². The Hall–Kier alpha value is 0.441. The Bertz CT molecular complexity index is 835. The summed E-state index contributed by atoms with van der Waals surface area (Å²) in [5.74, 6) is -0.178. The predicted octanol–water partition coefficient (Wildman–Crippen LogP) is 7.54. The molecule has 0 amide bonds. The van der Waals surface area contributed by atoms with E-state index >= 15 is 0 Å². The van der Waals surface area contributed by atoms with E-state index in [0.29, 0.717) is 13.0 Å². The van der Waals surface area contributed by atoms with Gasteiger partial charge in [-0.05, 0) is 60.8 Å². The first kappa shape index (κ1) is 34.5. The second-order valence-electron chi connectivity index (χ2n) is 15.5. The van der Waals surface area contributed by atoms with E-state index in [0.717, 1.165) is 12.7 Å². The molecule has 0 aromatic heterocycles. The average Bonchev–Trinajstić information content (AvgIpc) is 2.55. The summed E-state index contributed by atoms with van der Waals surface area (Å²) in [7, 11) is -9.94. The van der Waals surface area contributed by atoms with Crippen LogP contribution in [-0.4, -0.2) is 64.5 Å². The minimum atomic E-state index is -3.66. The van der Waals surface area contributed by atoms with Crippen LogP contribution in [0.3, 0.4) is 0 Å². The van der Waals surface area contributed by atoms with E-state index in [1.165, 1.54) is 0 Å². The molecule has 216 valence electrons. The zero-order chi connectivity index (χ0) is 28.8. The summed E-state index contributed by atoms with van der Waals surface area (Å²) in [6, 6.07) is 0. The lowest BCUT2D eigenvalue weighted by Gasteiger charge is -2.49. The van der Waals surface area contributed by atoms with Gasteiger partial charge in [-0.3, -0.25) is 4.18 Å². The Balaban J connectivity index is 3.46. The molecule has 0 N–H and O–H groups in total. The average molecular weight is 583 g/mol. The molecule has 0 aromatic rings. The summed E-state index contributed by atoms with van der Waals surface area (Å²) in [6.45, 7) is 33.9. The molecule has 0 spiro atoms. The molecule has 0 aromatic carbocycles. The molecule has 0 unspecified atom stereocenters. The summed E-state index contributed by atoms with van der Waals surface area (Å²) in [4.78, 5) is 0. The van der Waals surface area contributed by atoms with Crippen molar-refractivity contribution < 1.29 is 25.9 Å². The molecule has 0 bridgehead atoms. The van der Waals surface area contributed by atoms with Crippen LogP contribution < -0.4 is 0 Å². The minimum absolute atomic E-state index is 0.0260. The zero-order valence-corrected chi connectivity index (χ0v) is 30.1. The van der Waals surface area contributed by atoms with Gasteiger partial charge in [-0.15, -0.1) is 0 Å². The first-order valence-corrected chi connectivity index (χ1v) is 24.0. The summed E-state index contributed by atoms with van der Waals surface area (Å²) in [5.41, 5.74) is 0. The lowest BCUT2D eigenvalue weighted by atomic mass is 9.83. The van der Waals surface area contributed by atoms with Crippen molar-refractivity contribution in [3.05, 3.63) is 0 Å². The first-order chi connectivity index (χ1) is 15.6. The van der Waals surface area contributed by atoms with Gasteiger partial charge in [0.25, 0.3) is 10.1 Å². The standard InChI is InChI=1S/C26H58O6SSi3/c1-24(2,3)34(11,12)29-19-21-22(30-33(10,27)28)17-20(31-35(13,14)25(4,5)6)18-23(21)32-36(15,16)26(7,8)9/h20-23H,17-19H2,1-16H3/t20-,21+,22-,23+/m1/s1. The van der Waals surface area contributed by atoms with Gasteiger partial charge in [0.15, 0.2) is 25.0 Å². The molecule has 0 heterocycles. The van der Waals surface area contributed by atoms with Gasteiger partial charge in [-0.2, -0.15) is 8.42 Å². The van der Waals surface area contributed by atoms with Crippen LogP contribution in [0, 0.1) is 5.92 Å². The normalized spacial score (nSPS) is 25.8. The Morgan fingerprint density at radius 3 is 1.44 bits per heavy atom. The van der Waals surface area contributed by atoms with Crippen molar-refractivity contribution in [2.75, 3.05) is 12.9 Å². The second-order valence-corrected chi connectivity index (χ2v) is 31.4. The zero-order valence-electron chi connectivity index (χ0n) is 26.3. The highest BCUT2D eigenvalue weighted by atomic mass is 32.2. The van der Waals surface area contributed by atoms with Gasteiger partial charge in [0, 0.05) is 18.9 Å². The largest absolute Gasteiger partial charge is 0.416 e. The summed E-state index contributed by atoms with van der Waals surface area (Å²) in [5, 5.41) is 0.134. The molecule has 0 radical (unpaired) electrons. The number of hydrogen-bond acceptors (Lipinski definition) is 6. The highest BCUT2D eigenvalue weighted by Crippen LogP contribution is 2.45. The molecule has 1 rings (SSSR count). The third kappa shape index (κ3) is 9.27. The fourth-order valence-corrected chi connectivity index (χ4v) is 8.13. The van der Waals surface area contributed by atoms with Gasteiger partial charge in [-0.1, -0.05) is 62.3 Å². The van der Waals surface area contributed by atoms with Crippen molar-refractivity contribution in [1.29, 1.82) is 0 Å². The lowest BCUT2D eigenvalue weighted by Crippen LogP contribution is -2.56. The molecular formula is C26H58O6SSi3. The highest BCUT2D eigenvalue weighted by Gasteiger charge is 2.50. The summed E-state index contributed by atoms with van der Waals surface area (Å²) < 4.78 is 51.1. The van der Waals surface area contributed by atoms with Gasteiger partial charge >= 0.3 is 0 Å². The molecule has 0 saturated heterocycles. The van der Waals surface area contributed by atoms with Crippen molar-refractivity contribution in [3.63, 3.8) is 0 Å². The molecule has 6 nitrogen and oxygen atoms in total. The fourth-order valence-electron chi connectivity index (χ4n) is 3.65.